The minimum Gasteiger partial charge on any atom is -0.465 e. The van der Waals surface area contributed by atoms with Gasteiger partial charge in [-0.25, -0.2) is 4.79 Å². The van der Waals surface area contributed by atoms with Gasteiger partial charge in [0.1, 0.15) is 6.54 Å². The zero-order valence-electron chi connectivity index (χ0n) is 28.1. The van der Waals surface area contributed by atoms with Gasteiger partial charge in [-0.05, 0) is 53.6 Å². The van der Waals surface area contributed by atoms with E-state index in [4.69, 9.17) is 14.2 Å². The SMILES string of the molecule is C=CCN(C[C@H]1O[C@@H](c2ccc(-c3cccc(CNC(=O)NCC(=O)OCC)c3)cc2)O[C@@H](c2ccc(CO)cc2)[C@H]1C)C1CCCC1. The minimum atomic E-state index is -0.541. The fourth-order valence-electron chi connectivity index (χ4n) is 6.67. The Morgan fingerprint density at radius 1 is 0.958 bits per heavy atom. The van der Waals surface area contributed by atoms with Crippen LogP contribution in [0, 0.1) is 5.92 Å². The fraction of sp³-hybridized carbons (Fsp3) is 0.436. The van der Waals surface area contributed by atoms with Crippen LogP contribution < -0.4 is 10.6 Å². The molecule has 1 aliphatic carbocycles. The molecule has 0 spiro atoms. The number of ether oxygens (including phenoxy) is 3. The van der Waals surface area contributed by atoms with E-state index in [0.29, 0.717) is 12.6 Å². The van der Waals surface area contributed by atoms with Gasteiger partial charge in [0, 0.05) is 37.2 Å². The van der Waals surface area contributed by atoms with Crippen molar-refractivity contribution in [1.29, 1.82) is 0 Å². The summed E-state index contributed by atoms with van der Waals surface area (Å²) in [6.07, 6.45) is 6.19. The van der Waals surface area contributed by atoms with Gasteiger partial charge in [-0.3, -0.25) is 9.69 Å². The van der Waals surface area contributed by atoms with Crippen LogP contribution in [0.5, 0.6) is 0 Å². The van der Waals surface area contributed by atoms with Gasteiger partial charge in [0.2, 0.25) is 0 Å². The predicted octanol–water partition coefficient (Wildman–Crippen LogP) is 6.43. The molecule has 2 aliphatic rings. The standard InChI is InChI=1S/C39H49N3O6/c1-4-21-42(34-11-6-7-12-34)25-35-27(3)37(31-15-13-28(26-43)14-16-31)48-38(47-35)32-19-17-30(18-20-32)33-10-8-9-29(22-33)23-40-39(45)41-24-36(44)46-5-2/h4,8-10,13-20,22,27,34-35,37-38,43H,1,5-7,11-12,21,23-26H2,2-3H3,(H2,40,41,45)/t27-,35+,37+,38+/m0/s1. The van der Waals surface area contributed by atoms with Gasteiger partial charge >= 0.3 is 12.0 Å². The average molecular weight is 656 g/mol. The van der Waals surface area contributed by atoms with E-state index >= 15 is 0 Å². The molecule has 0 aromatic heterocycles. The van der Waals surface area contributed by atoms with Crippen molar-refractivity contribution in [2.24, 2.45) is 5.92 Å². The molecule has 5 rings (SSSR count). The monoisotopic (exact) mass is 655 g/mol. The number of urea groups is 1. The van der Waals surface area contributed by atoms with E-state index in [1.165, 1.54) is 25.7 Å². The first-order valence-electron chi connectivity index (χ1n) is 17.1. The van der Waals surface area contributed by atoms with Crippen LogP contribution in [-0.2, 0) is 32.2 Å². The molecule has 0 bridgehead atoms. The van der Waals surface area contributed by atoms with Gasteiger partial charge < -0.3 is 30.0 Å². The molecule has 1 saturated heterocycles. The number of carbonyl (C=O) groups is 2. The highest BCUT2D eigenvalue weighted by Crippen LogP contribution is 2.42. The molecule has 0 unspecified atom stereocenters. The highest BCUT2D eigenvalue weighted by molar-refractivity contribution is 5.80. The van der Waals surface area contributed by atoms with E-state index < -0.39 is 18.3 Å². The topological polar surface area (TPSA) is 109 Å². The van der Waals surface area contributed by atoms with Crippen molar-refractivity contribution in [3.63, 3.8) is 0 Å². The lowest BCUT2D eigenvalue weighted by Crippen LogP contribution is -2.47. The molecule has 3 N–H and O–H groups in total. The molecular formula is C39H49N3O6. The van der Waals surface area contributed by atoms with Crippen LogP contribution in [0.4, 0.5) is 4.79 Å². The summed E-state index contributed by atoms with van der Waals surface area (Å²) >= 11 is 0. The van der Waals surface area contributed by atoms with Gasteiger partial charge in [0.15, 0.2) is 6.29 Å². The molecule has 3 aromatic carbocycles. The first kappa shape index (κ1) is 35.3. The molecule has 2 amide bonds. The Labute approximate surface area is 284 Å². The van der Waals surface area contributed by atoms with E-state index in [1.807, 2.05) is 42.5 Å². The smallest absolute Gasteiger partial charge is 0.325 e. The van der Waals surface area contributed by atoms with E-state index in [2.05, 4.69) is 65.4 Å². The molecule has 3 aromatic rings. The number of aliphatic hydroxyl groups excluding tert-OH is 1. The number of nitrogens with zero attached hydrogens (tertiary/aromatic N) is 1. The second-order valence-corrected chi connectivity index (χ2v) is 12.7. The summed E-state index contributed by atoms with van der Waals surface area (Å²) in [7, 11) is 0. The first-order valence-corrected chi connectivity index (χ1v) is 17.1. The Morgan fingerprint density at radius 3 is 2.38 bits per heavy atom. The maximum absolute atomic E-state index is 12.1. The largest absolute Gasteiger partial charge is 0.465 e. The number of rotatable bonds is 14. The van der Waals surface area contributed by atoms with Crippen LogP contribution in [0.15, 0.2) is 85.5 Å². The number of amides is 2. The molecule has 9 heteroatoms. The number of carbonyl (C=O) groups excluding carboxylic acids is 2. The second-order valence-electron chi connectivity index (χ2n) is 12.7. The lowest BCUT2D eigenvalue weighted by molar-refractivity contribution is -0.276. The van der Waals surface area contributed by atoms with Gasteiger partial charge in [-0.2, -0.15) is 0 Å². The van der Waals surface area contributed by atoms with Gasteiger partial charge in [0.25, 0.3) is 0 Å². The zero-order valence-corrected chi connectivity index (χ0v) is 28.1. The molecule has 4 atom stereocenters. The van der Waals surface area contributed by atoms with E-state index in [9.17, 15) is 14.7 Å². The van der Waals surface area contributed by atoms with Crippen LogP contribution in [0.25, 0.3) is 11.1 Å². The highest BCUT2D eigenvalue weighted by atomic mass is 16.7. The lowest BCUT2D eigenvalue weighted by atomic mass is 9.89. The highest BCUT2D eigenvalue weighted by Gasteiger charge is 2.40. The normalized spacial score (nSPS) is 21.2. The van der Waals surface area contributed by atoms with E-state index in [0.717, 1.165) is 46.5 Å². The fourth-order valence-corrected chi connectivity index (χ4v) is 6.67. The van der Waals surface area contributed by atoms with Crippen LogP contribution in [0.1, 0.15) is 74.2 Å². The molecule has 0 radical (unpaired) electrons. The number of hydrogen-bond acceptors (Lipinski definition) is 7. The third kappa shape index (κ3) is 9.32. The molecule has 2 fully saturated rings. The van der Waals surface area contributed by atoms with Crippen LogP contribution in [-0.4, -0.2) is 60.4 Å². The van der Waals surface area contributed by atoms with Gasteiger partial charge in [-0.15, -0.1) is 6.58 Å². The first-order chi connectivity index (χ1) is 23.4. The second kappa shape index (κ2) is 17.4. The van der Waals surface area contributed by atoms with Crippen molar-refractivity contribution in [1.82, 2.24) is 15.5 Å². The van der Waals surface area contributed by atoms with Crippen LogP contribution in [0.2, 0.25) is 0 Å². The van der Waals surface area contributed by atoms with Crippen molar-refractivity contribution in [2.45, 2.75) is 77.2 Å². The third-order valence-electron chi connectivity index (χ3n) is 9.34. The van der Waals surface area contributed by atoms with Crippen molar-refractivity contribution in [3.8, 4) is 11.1 Å². The van der Waals surface area contributed by atoms with Crippen molar-refractivity contribution in [3.05, 3.63) is 108 Å². The lowest BCUT2D eigenvalue weighted by Gasteiger charge is -2.43. The van der Waals surface area contributed by atoms with Crippen molar-refractivity contribution in [2.75, 3.05) is 26.2 Å². The Bertz CT molecular complexity index is 1490. The molecule has 1 heterocycles. The van der Waals surface area contributed by atoms with E-state index in [-0.39, 0.29) is 37.9 Å². The van der Waals surface area contributed by atoms with Crippen LogP contribution in [0.3, 0.4) is 0 Å². The number of esters is 1. The number of nitrogens with one attached hydrogen (secondary N) is 2. The minimum absolute atomic E-state index is 0.00580. The Morgan fingerprint density at radius 2 is 1.69 bits per heavy atom. The maximum Gasteiger partial charge on any atom is 0.325 e. The Kier molecular flexibility index (Phi) is 12.8. The molecule has 9 nitrogen and oxygen atoms in total. The molecule has 48 heavy (non-hydrogen) atoms. The van der Waals surface area contributed by atoms with Crippen molar-refractivity contribution >= 4 is 12.0 Å². The maximum atomic E-state index is 12.1. The van der Waals surface area contributed by atoms with Gasteiger partial charge in [0.05, 0.1) is 25.4 Å². The van der Waals surface area contributed by atoms with E-state index in [1.54, 1.807) is 6.92 Å². The van der Waals surface area contributed by atoms with Crippen molar-refractivity contribution < 1.29 is 28.9 Å². The molecule has 1 aliphatic heterocycles. The summed E-state index contributed by atoms with van der Waals surface area (Å²) in [6.45, 7) is 10.0. The van der Waals surface area contributed by atoms with Crippen LogP contribution >= 0.6 is 0 Å². The van der Waals surface area contributed by atoms with Gasteiger partial charge in [-0.1, -0.05) is 92.6 Å². The zero-order chi connectivity index (χ0) is 33.9. The quantitative estimate of drug-likeness (QED) is 0.136. The summed E-state index contributed by atoms with van der Waals surface area (Å²) in [5.41, 5.74) is 5.87. The summed E-state index contributed by atoms with van der Waals surface area (Å²) in [6, 6.07) is 24.4. The number of hydrogen-bond donors (Lipinski definition) is 3. The third-order valence-corrected chi connectivity index (χ3v) is 9.34. The average Bonchev–Trinajstić information content (AvgIpc) is 3.66. The summed E-state index contributed by atoms with van der Waals surface area (Å²) in [5, 5.41) is 14.9. The molecule has 256 valence electrons. The Hall–Kier alpha value is -4.02. The Balaban J connectivity index is 1.30. The predicted molar refractivity (Wildman–Crippen MR) is 186 cm³/mol. The number of aliphatic hydroxyl groups is 1. The summed E-state index contributed by atoms with van der Waals surface area (Å²) in [5.74, 6) is -0.365. The summed E-state index contributed by atoms with van der Waals surface area (Å²) < 4.78 is 18.3. The summed E-state index contributed by atoms with van der Waals surface area (Å²) in [4.78, 5) is 26.2. The molecular weight excluding hydrogens is 606 g/mol. The number of benzene rings is 3. The molecule has 1 saturated carbocycles.